The summed E-state index contributed by atoms with van der Waals surface area (Å²) in [7, 11) is 1.79. The van der Waals surface area contributed by atoms with Gasteiger partial charge in [0, 0.05) is 69.1 Å². The molecule has 0 bridgehead atoms. The minimum Gasteiger partial charge on any atom is -0.341 e. The van der Waals surface area contributed by atoms with Gasteiger partial charge in [0.1, 0.15) is 0 Å². The van der Waals surface area contributed by atoms with Crippen LogP contribution in [0.1, 0.15) is 29.7 Å². The lowest BCUT2D eigenvalue weighted by molar-refractivity contribution is -0.129. The van der Waals surface area contributed by atoms with Gasteiger partial charge in [0.05, 0.1) is 12.1 Å². The molecule has 1 aromatic carbocycles. The standard InChI is InChI=1S/C24H30Cl2N4O/c1-28(24(31)13-21-22(25)3-2-4-23(21)26)15-19-7-8-20(27-14-19)17-30-11-9-29(10-12-30)16-18-5-6-18/h2-4,7-8,14,18H,5-6,9-13,15-17H2,1H3. The van der Waals surface area contributed by atoms with Gasteiger partial charge < -0.3 is 9.80 Å². The van der Waals surface area contributed by atoms with Gasteiger partial charge in [0.2, 0.25) is 5.91 Å². The molecule has 31 heavy (non-hydrogen) atoms. The molecule has 1 aliphatic carbocycles. The van der Waals surface area contributed by atoms with E-state index in [-0.39, 0.29) is 12.3 Å². The third-order valence-electron chi connectivity index (χ3n) is 6.19. The molecule has 2 fully saturated rings. The minimum atomic E-state index is -0.0249. The Morgan fingerprint density at radius 2 is 1.74 bits per heavy atom. The van der Waals surface area contributed by atoms with Crippen molar-refractivity contribution < 1.29 is 4.79 Å². The molecule has 2 aliphatic rings. The Bertz CT molecular complexity index is 873. The number of halogens is 2. The number of benzene rings is 1. The number of nitrogens with zero attached hydrogens (tertiary/aromatic N) is 4. The highest BCUT2D eigenvalue weighted by molar-refractivity contribution is 6.36. The first kappa shape index (κ1) is 22.5. The minimum absolute atomic E-state index is 0.0249. The van der Waals surface area contributed by atoms with Crippen molar-refractivity contribution in [2.75, 3.05) is 39.8 Å². The first-order valence-electron chi connectivity index (χ1n) is 11.0. The summed E-state index contributed by atoms with van der Waals surface area (Å²) in [5.74, 6) is 0.940. The van der Waals surface area contributed by atoms with Gasteiger partial charge in [-0.2, -0.15) is 0 Å². The molecule has 0 unspecified atom stereocenters. The second-order valence-electron chi connectivity index (χ2n) is 8.80. The Hall–Kier alpha value is -1.66. The van der Waals surface area contributed by atoms with E-state index >= 15 is 0 Å². The lowest BCUT2D eigenvalue weighted by Crippen LogP contribution is -2.46. The molecule has 166 valence electrons. The number of carbonyl (C=O) groups is 1. The number of pyridine rings is 1. The molecule has 0 atom stereocenters. The van der Waals surface area contributed by atoms with Gasteiger partial charge in [-0.1, -0.05) is 35.3 Å². The number of hydrogen-bond acceptors (Lipinski definition) is 4. The topological polar surface area (TPSA) is 39.7 Å². The summed E-state index contributed by atoms with van der Waals surface area (Å²) in [5.41, 5.74) is 2.77. The fourth-order valence-corrected chi connectivity index (χ4v) is 4.55. The second-order valence-corrected chi connectivity index (χ2v) is 9.62. The van der Waals surface area contributed by atoms with Crippen molar-refractivity contribution in [3.63, 3.8) is 0 Å². The molecular weight excluding hydrogens is 431 g/mol. The highest BCUT2D eigenvalue weighted by atomic mass is 35.5. The number of carbonyl (C=O) groups excluding carboxylic acids is 1. The van der Waals surface area contributed by atoms with E-state index in [2.05, 4.69) is 26.9 Å². The van der Waals surface area contributed by atoms with E-state index in [9.17, 15) is 4.79 Å². The molecule has 0 spiro atoms. The van der Waals surface area contributed by atoms with Gasteiger partial charge in [-0.3, -0.25) is 14.7 Å². The molecule has 2 heterocycles. The Morgan fingerprint density at radius 1 is 1.06 bits per heavy atom. The smallest absolute Gasteiger partial charge is 0.227 e. The van der Waals surface area contributed by atoms with Crippen LogP contribution in [0.15, 0.2) is 36.5 Å². The predicted molar refractivity (Wildman–Crippen MR) is 125 cm³/mol. The molecular formula is C24H30Cl2N4O. The van der Waals surface area contributed by atoms with Crippen molar-refractivity contribution in [3.8, 4) is 0 Å². The lowest BCUT2D eigenvalue weighted by Gasteiger charge is -2.34. The van der Waals surface area contributed by atoms with Crippen LogP contribution in [-0.4, -0.2) is 65.4 Å². The zero-order chi connectivity index (χ0) is 21.8. The first-order valence-corrected chi connectivity index (χ1v) is 11.8. The summed E-state index contributed by atoms with van der Waals surface area (Å²) in [5, 5.41) is 1.04. The van der Waals surface area contributed by atoms with Crippen molar-refractivity contribution in [2.45, 2.75) is 32.4 Å². The molecule has 4 rings (SSSR count). The van der Waals surface area contributed by atoms with Crippen LogP contribution >= 0.6 is 23.2 Å². The van der Waals surface area contributed by atoms with Crippen LogP contribution in [0.25, 0.3) is 0 Å². The molecule has 1 saturated carbocycles. The highest BCUT2D eigenvalue weighted by Crippen LogP contribution is 2.30. The molecule has 0 N–H and O–H groups in total. The third kappa shape index (κ3) is 6.42. The number of rotatable bonds is 8. The average molecular weight is 461 g/mol. The molecule has 7 heteroatoms. The molecule has 1 aromatic heterocycles. The van der Waals surface area contributed by atoms with Crippen LogP contribution in [0.2, 0.25) is 10.0 Å². The summed E-state index contributed by atoms with van der Waals surface area (Å²) in [4.78, 5) is 24.0. The number of likely N-dealkylation sites (N-methyl/N-ethyl adjacent to an activating group) is 1. The maximum absolute atomic E-state index is 12.6. The summed E-state index contributed by atoms with van der Waals surface area (Å²) in [6.45, 7) is 7.23. The molecule has 1 aliphatic heterocycles. The summed E-state index contributed by atoms with van der Waals surface area (Å²) < 4.78 is 0. The average Bonchev–Trinajstić information content (AvgIpc) is 3.57. The van der Waals surface area contributed by atoms with E-state index in [1.54, 1.807) is 30.1 Å². The van der Waals surface area contributed by atoms with Crippen molar-refractivity contribution in [1.82, 2.24) is 19.7 Å². The summed E-state index contributed by atoms with van der Waals surface area (Å²) in [6, 6.07) is 9.44. The number of aromatic nitrogens is 1. The van der Waals surface area contributed by atoms with Crippen LogP contribution in [0, 0.1) is 5.92 Å². The highest BCUT2D eigenvalue weighted by Gasteiger charge is 2.26. The number of amides is 1. The molecule has 2 aromatic rings. The third-order valence-corrected chi connectivity index (χ3v) is 6.89. The van der Waals surface area contributed by atoms with Crippen LogP contribution in [0.4, 0.5) is 0 Å². The van der Waals surface area contributed by atoms with Crippen molar-refractivity contribution in [2.24, 2.45) is 5.92 Å². The van der Waals surface area contributed by atoms with Crippen LogP contribution in [0.3, 0.4) is 0 Å². The monoisotopic (exact) mass is 460 g/mol. The Morgan fingerprint density at radius 3 is 2.35 bits per heavy atom. The SMILES string of the molecule is CN(Cc1ccc(CN2CCN(CC3CC3)CC2)nc1)C(=O)Cc1c(Cl)cccc1Cl. The van der Waals surface area contributed by atoms with Crippen LogP contribution in [-0.2, 0) is 24.3 Å². The molecule has 1 saturated heterocycles. The first-order chi connectivity index (χ1) is 15.0. The van der Waals surface area contributed by atoms with Crippen molar-refractivity contribution in [3.05, 3.63) is 63.4 Å². The van der Waals surface area contributed by atoms with Gasteiger partial charge in [0.25, 0.3) is 0 Å². The van der Waals surface area contributed by atoms with E-state index in [0.717, 1.165) is 49.9 Å². The molecule has 0 radical (unpaired) electrons. The number of piperazine rings is 1. The van der Waals surface area contributed by atoms with E-state index in [1.165, 1.54) is 19.4 Å². The van der Waals surface area contributed by atoms with E-state index in [1.807, 2.05) is 6.20 Å². The molecule has 5 nitrogen and oxygen atoms in total. The molecule has 1 amide bonds. The van der Waals surface area contributed by atoms with Gasteiger partial charge in [0.15, 0.2) is 0 Å². The summed E-state index contributed by atoms with van der Waals surface area (Å²) >= 11 is 12.4. The largest absolute Gasteiger partial charge is 0.341 e. The van der Waals surface area contributed by atoms with Gasteiger partial charge >= 0.3 is 0 Å². The maximum atomic E-state index is 12.6. The zero-order valence-electron chi connectivity index (χ0n) is 18.1. The Balaban J connectivity index is 1.24. The van der Waals surface area contributed by atoms with Crippen LogP contribution < -0.4 is 0 Å². The normalized spacial score (nSPS) is 17.6. The maximum Gasteiger partial charge on any atom is 0.227 e. The van der Waals surface area contributed by atoms with Crippen molar-refractivity contribution in [1.29, 1.82) is 0 Å². The second kappa shape index (κ2) is 10.3. The van der Waals surface area contributed by atoms with Crippen molar-refractivity contribution >= 4 is 29.1 Å². The Labute approximate surface area is 194 Å². The quantitative estimate of drug-likeness (QED) is 0.593. The van der Waals surface area contributed by atoms with E-state index in [4.69, 9.17) is 23.2 Å². The van der Waals surface area contributed by atoms with E-state index in [0.29, 0.717) is 22.2 Å². The van der Waals surface area contributed by atoms with Crippen LogP contribution in [0.5, 0.6) is 0 Å². The van der Waals surface area contributed by atoms with Gasteiger partial charge in [-0.15, -0.1) is 0 Å². The lowest BCUT2D eigenvalue weighted by atomic mass is 10.1. The van der Waals surface area contributed by atoms with E-state index < -0.39 is 0 Å². The fourth-order valence-electron chi connectivity index (χ4n) is 4.02. The zero-order valence-corrected chi connectivity index (χ0v) is 19.6. The van der Waals surface area contributed by atoms with Gasteiger partial charge in [-0.25, -0.2) is 0 Å². The van der Waals surface area contributed by atoms with Gasteiger partial charge in [-0.05, 0) is 48.1 Å². The fraction of sp³-hybridized carbons (Fsp3) is 0.500. The summed E-state index contributed by atoms with van der Waals surface area (Å²) in [6.07, 6.45) is 4.91. The Kier molecular flexibility index (Phi) is 7.49. The predicted octanol–water partition coefficient (Wildman–Crippen LogP) is 4.12. The number of hydrogen-bond donors (Lipinski definition) is 0.